The van der Waals surface area contributed by atoms with E-state index in [0.717, 1.165) is 0 Å². The largest absolute Gasteiger partial charge is 4.00 e. The van der Waals surface area contributed by atoms with Crippen molar-refractivity contribution < 1.29 is 47.1 Å². The van der Waals surface area contributed by atoms with Crippen LogP contribution in [0.5, 0.6) is 0 Å². The summed E-state index contributed by atoms with van der Waals surface area (Å²) >= 11 is 0. The minimum atomic E-state index is -1.25. The minimum absolute atomic E-state index is 0. The molecule has 2 rings (SSSR count). The molecule has 0 aromatic rings. The van der Waals surface area contributed by atoms with Crippen molar-refractivity contribution in [1.82, 2.24) is 0 Å². The molecular formula is C10H10FeN2O6. The number of hydrogen-bond acceptors (Lipinski definition) is 8. The topological polar surface area (TPSA) is 151 Å². The van der Waals surface area contributed by atoms with Crippen LogP contribution in [0.1, 0.15) is 25.7 Å². The fourth-order valence-corrected chi connectivity index (χ4v) is 1.47. The number of nitrogens with zero attached hydrogens (tertiary/aromatic N) is 2. The van der Waals surface area contributed by atoms with E-state index in [1.807, 2.05) is 0 Å². The van der Waals surface area contributed by atoms with E-state index in [2.05, 4.69) is 9.98 Å². The Balaban J connectivity index is 0.000000324. The van der Waals surface area contributed by atoms with Crippen LogP contribution in [0.15, 0.2) is 9.98 Å². The summed E-state index contributed by atoms with van der Waals surface area (Å²) in [5.41, 5.74) is 0. The zero-order valence-electron chi connectivity index (χ0n) is 9.68. The number of carbonyl (C=O) groups is 2. The summed E-state index contributed by atoms with van der Waals surface area (Å²) in [5, 5.41) is 40.6. The van der Waals surface area contributed by atoms with Gasteiger partial charge in [-0.25, -0.2) is 0 Å². The van der Waals surface area contributed by atoms with Gasteiger partial charge in [-0.3, -0.25) is 9.98 Å². The van der Waals surface area contributed by atoms with E-state index >= 15 is 0 Å². The zero-order chi connectivity index (χ0) is 13.7. The van der Waals surface area contributed by atoms with Crippen LogP contribution in [0, 0.1) is 0 Å². The van der Waals surface area contributed by atoms with Gasteiger partial charge in [-0.15, -0.1) is 0 Å². The number of carboxylic acids is 2. The van der Waals surface area contributed by atoms with Crippen molar-refractivity contribution in [3.63, 3.8) is 0 Å². The van der Waals surface area contributed by atoms with Gasteiger partial charge in [0.05, 0.1) is 24.0 Å². The number of carbonyl (C=O) groups excluding carboxylic acids is 2. The van der Waals surface area contributed by atoms with Crippen molar-refractivity contribution in [2.24, 2.45) is 9.98 Å². The average molecular weight is 310 g/mol. The van der Waals surface area contributed by atoms with Crippen LogP contribution in [-0.4, -0.2) is 35.8 Å². The van der Waals surface area contributed by atoms with Crippen LogP contribution in [0.4, 0.5) is 0 Å². The molecule has 2 heterocycles. The standard InChI is InChI=1S/2C5H7NO3.Fe/c2*7-4-2-1-3(6-4)5(8)9;/h2*3H,1-2H2,(H,6,7)(H,8,9);/q;;+4/p-4. The molecule has 9 heteroatoms. The van der Waals surface area contributed by atoms with Gasteiger partial charge < -0.3 is 30.0 Å². The molecule has 19 heavy (non-hydrogen) atoms. The molecule has 8 nitrogen and oxygen atoms in total. The number of carboxylic acid groups (broad SMARTS) is 2. The number of aliphatic carboxylic acids is 2. The smallest absolute Gasteiger partial charge is 0.862 e. The summed E-state index contributed by atoms with van der Waals surface area (Å²) in [6.07, 6.45) is 1.11. The van der Waals surface area contributed by atoms with E-state index in [9.17, 15) is 30.0 Å². The average Bonchev–Trinajstić information content (AvgIpc) is 2.88. The predicted octanol–water partition coefficient (Wildman–Crippen LogP) is -4.69. The predicted molar refractivity (Wildman–Crippen MR) is 50.9 cm³/mol. The molecule has 0 bridgehead atoms. The van der Waals surface area contributed by atoms with Crippen LogP contribution in [0.3, 0.4) is 0 Å². The molecule has 0 aromatic carbocycles. The Bertz CT molecular complexity index is 371. The molecule has 2 atom stereocenters. The van der Waals surface area contributed by atoms with Crippen molar-refractivity contribution in [2.45, 2.75) is 37.8 Å². The maximum atomic E-state index is 10.3. The Morgan fingerprint density at radius 2 is 1.21 bits per heavy atom. The Labute approximate surface area is 119 Å². The van der Waals surface area contributed by atoms with Gasteiger partial charge in [0.25, 0.3) is 0 Å². The fraction of sp³-hybridized carbons (Fsp3) is 0.600. The van der Waals surface area contributed by atoms with Crippen molar-refractivity contribution in [3.8, 4) is 0 Å². The molecule has 0 N–H and O–H groups in total. The second-order valence-electron chi connectivity index (χ2n) is 3.79. The number of rotatable bonds is 2. The fourth-order valence-electron chi connectivity index (χ4n) is 1.47. The Hall–Kier alpha value is -1.60. The molecule has 0 aliphatic carbocycles. The molecule has 0 fully saturated rings. The van der Waals surface area contributed by atoms with Crippen LogP contribution in [0.25, 0.3) is 0 Å². The molecule has 2 aliphatic heterocycles. The van der Waals surface area contributed by atoms with Crippen LogP contribution in [-0.2, 0) is 26.7 Å². The number of aliphatic imine (C=N–C) groups is 2. The normalized spacial score (nSPS) is 24.4. The van der Waals surface area contributed by atoms with E-state index in [1.165, 1.54) is 0 Å². The van der Waals surface area contributed by atoms with Crippen molar-refractivity contribution >= 4 is 23.7 Å². The SMILES string of the molecule is O=C([O-])C1CCC([O-])=N1.O=C([O-])C1CCC([O-])=N1.[Fe+4]. The van der Waals surface area contributed by atoms with Gasteiger partial charge in [0.15, 0.2) is 0 Å². The third-order valence-corrected chi connectivity index (χ3v) is 2.41. The zero-order valence-corrected chi connectivity index (χ0v) is 10.8. The van der Waals surface area contributed by atoms with Gasteiger partial charge in [-0.05, 0) is 37.5 Å². The maximum Gasteiger partial charge on any atom is 4.00 e. The summed E-state index contributed by atoms with van der Waals surface area (Å²) in [6, 6.07) is -1.75. The van der Waals surface area contributed by atoms with E-state index in [4.69, 9.17) is 0 Å². The van der Waals surface area contributed by atoms with E-state index < -0.39 is 24.0 Å². The van der Waals surface area contributed by atoms with Gasteiger partial charge in [0.2, 0.25) is 0 Å². The number of hydrogen-bond donors (Lipinski definition) is 0. The molecule has 104 valence electrons. The summed E-state index contributed by atoms with van der Waals surface area (Å²) in [5.74, 6) is -3.16. The first-order chi connectivity index (χ1) is 8.40. The Morgan fingerprint density at radius 1 is 0.895 bits per heavy atom. The first-order valence-corrected chi connectivity index (χ1v) is 5.29. The Morgan fingerprint density at radius 3 is 1.32 bits per heavy atom. The van der Waals surface area contributed by atoms with Crippen molar-refractivity contribution in [1.29, 1.82) is 0 Å². The minimum Gasteiger partial charge on any atom is -0.862 e. The van der Waals surface area contributed by atoms with Crippen molar-refractivity contribution in [2.75, 3.05) is 0 Å². The molecule has 2 unspecified atom stereocenters. The third kappa shape index (κ3) is 5.71. The van der Waals surface area contributed by atoms with E-state index in [-0.39, 0.29) is 41.7 Å². The van der Waals surface area contributed by atoms with Gasteiger partial charge in [0.1, 0.15) is 0 Å². The molecule has 0 saturated carbocycles. The first-order valence-electron chi connectivity index (χ1n) is 5.29. The van der Waals surface area contributed by atoms with Gasteiger partial charge >= 0.3 is 17.1 Å². The second-order valence-corrected chi connectivity index (χ2v) is 3.79. The van der Waals surface area contributed by atoms with E-state index in [0.29, 0.717) is 12.8 Å². The Kier molecular flexibility index (Phi) is 7.10. The quantitative estimate of drug-likeness (QED) is 0.467. The summed E-state index contributed by atoms with van der Waals surface area (Å²) in [4.78, 5) is 26.6. The maximum absolute atomic E-state index is 10.3. The molecule has 2 aliphatic rings. The van der Waals surface area contributed by atoms with Gasteiger partial charge in [0, 0.05) is 0 Å². The van der Waals surface area contributed by atoms with E-state index in [1.54, 1.807) is 0 Å². The summed E-state index contributed by atoms with van der Waals surface area (Å²) in [7, 11) is 0. The summed E-state index contributed by atoms with van der Waals surface area (Å²) < 4.78 is 0. The van der Waals surface area contributed by atoms with Gasteiger partial charge in [-0.2, -0.15) is 0 Å². The van der Waals surface area contributed by atoms with Crippen LogP contribution in [0.2, 0.25) is 0 Å². The van der Waals surface area contributed by atoms with Crippen molar-refractivity contribution in [3.05, 3.63) is 0 Å². The molecule has 0 saturated heterocycles. The monoisotopic (exact) mass is 310 g/mol. The molecule has 0 radical (unpaired) electrons. The second kappa shape index (κ2) is 7.75. The third-order valence-electron chi connectivity index (χ3n) is 2.41. The molecule has 0 aromatic heterocycles. The van der Waals surface area contributed by atoms with Gasteiger partial charge in [-0.1, -0.05) is 0 Å². The summed E-state index contributed by atoms with van der Waals surface area (Å²) in [6.45, 7) is 0. The van der Waals surface area contributed by atoms with Crippen LogP contribution >= 0.6 is 0 Å². The molecular weight excluding hydrogens is 300 g/mol. The molecule has 0 spiro atoms. The first kappa shape index (κ1) is 17.4. The van der Waals surface area contributed by atoms with Crippen LogP contribution < -0.4 is 20.4 Å². The molecule has 0 amide bonds.